The Balaban J connectivity index is 1.97. The third-order valence-corrected chi connectivity index (χ3v) is 7.46. The van der Waals surface area contributed by atoms with Crippen LogP contribution < -0.4 is 20.7 Å². The summed E-state index contributed by atoms with van der Waals surface area (Å²) >= 11 is 0. The Morgan fingerprint density at radius 1 is 0.615 bits per heavy atom. The quantitative estimate of drug-likeness (QED) is 0.0654. The van der Waals surface area contributed by atoms with Crippen LogP contribution in [0.2, 0.25) is 0 Å². The summed E-state index contributed by atoms with van der Waals surface area (Å²) in [7, 11) is 0. The minimum Gasteiger partial charge on any atom is -0.494 e. The summed E-state index contributed by atoms with van der Waals surface area (Å²) in [6, 6.07) is 5.09. The molecule has 0 aromatic heterocycles. The molecule has 0 radical (unpaired) electrons. The lowest BCUT2D eigenvalue weighted by Gasteiger charge is -2.14. The monoisotopic (exact) mass is 739 g/mol. The molecule has 16 nitrogen and oxygen atoms in total. The highest BCUT2D eigenvalue weighted by molar-refractivity contribution is 5.87. The molecule has 1 aromatic carbocycles. The van der Waals surface area contributed by atoms with Gasteiger partial charge >= 0.3 is 11.9 Å². The molecule has 52 heavy (non-hydrogen) atoms. The lowest BCUT2D eigenvalue weighted by atomic mass is 10.1. The molecular weight excluding hydrogens is 682 g/mol. The maximum Gasteiger partial charge on any atom is 0.335 e. The molecular formula is C36H57N3O13. The van der Waals surface area contributed by atoms with Crippen molar-refractivity contribution in [1.82, 2.24) is 16.0 Å². The first kappa shape index (κ1) is 45.9. The van der Waals surface area contributed by atoms with E-state index in [4.69, 9.17) is 28.8 Å². The second-order valence-corrected chi connectivity index (χ2v) is 12.2. The Morgan fingerprint density at radius 3 is 1.77 bits per heavy atom. The summed E-state index contributed by atoms with van der Waals surface area (Å²) in [5.74, 6) is -2.63. The van der Waals surface area contributed by atoms with Crippen molar-refractivity contribution in [1.29, 1.82) is 0 Å². The number of hydrogen-bond donors (Lipinski definition) is 5. The Bertz CT molecular complexity index is 1190. The van der Waals surface area contributed by atoms with Crippen LogP contribution >= 0.6 is 0 Å². The lowest BCUT2D eigenvalue weighted by Crippen LogP contribution is -2.41. The number of carboxylic acids is 2. The molecule has 1 rings (SSSR count). The van der Waals surface area contributed by atoms with Crippen LogP contribution in [0.4, 0.5) is 0 Å². The predicted molar refractivity (Wildman–Crippen MR) is 189 cm³/mol. The van der Waals surface area contributed by atoms with Crippen LogP contribution in [-0.4, -0.2) is 124 Å². The fraction of sp³-hybridized carbons (Fsp3) is 0.667. The van der Waals surface area contributed by atoms with E-state index in [0.29, 0.717) is 45.1 Å². The Hall–Kier alpha value is -4.12. The fourth-order valence-electron chi connectivity index (χ4n) is 4.39. The third kappa shape index (κ3) is 24.9. The van der Waals surface area contributed by atoms with Crippen LogP contribution in [0, 0.1) is 5.92 Å². The van der Waals surface area contributed by atoms with Gasteiger partial charge in [-0.15, -0.1) is 0 Å². The van der Waals surface area contributed by atoms with Crippen molar-refractivity contribution in [2.24, 2.45) is 5.92 Å². The minimum absolute atomic E-state index is 0.0332. The third-order valence-electron chi connectivity index (χ3n) is 7.46. The van der Waals surface area contributed by atoms with Gasteiger partial charge in [0.2, 0.25) is 17.7 Å². The normalized spacial score (nSPS) is 11.5. The molecule has 5 N–H and O–H groups in total. The molecule has 294 valence electrons. The number of unbranched alkanes of at least 4 members (excludes halogenated alkanes) is 5. The molecule has 0 saturated carbocycles. The Labute approximate surface area is 305 Å². The topological polar surface area (TPSA) is 225 Å². The summed E-state index contributed by atoms with van der Waals surface area (Å²) in [6.45, 7) is 6.08. The molecule has 16 heteroatoms. The number of benzene rings is 1. The van der Waals surface area contributed by atoms with Crippen LogP contribution in [0.15, 0.2) is 24.3 Å². The van der Waals surface area contributed by atoms with Gasteiger partial charge in [-0.1, -0.05) is 39.5 Å². The number of ketones is 1. The van der Waals surface area contributed by atoms with E-state index in [1.165, 1.54) is 12.1 Å². The van der Waals surface area contributed by atoms with Gasteiger partial charge in [-0.25, -0.2) is 9.59 Å². The van der Waals surface area contributed by atoms with Crippen LogP contribution in [0.3, 0.4) is 0 Å². The maximum absolute atomic E-state index is 12.3. The van der Waals surface area contributed by atoms with Crippen molar-refractivity contribution in [2.45, 2.75) is 77.7 Å². The van der Waals surface area contributed by atoms with Crippen molar-refractivity contribution < 1.29 is 62.7 Å². The van der Waals surface area contributed by atoms with E-state index in [0.717, 1.165) is 32.1 Å². The van der Waals surface area contributed by atoms with Gasteiger partial charge in [0.1, 0.15) is 25.0 Å². The maximum atomic E-state index is 12.3. The first-order valence-electron chi connectivity index (χ1n) is 17.8. The van der Waals surface area contributed by atoms with E-state index in [-0.39, 0.29) is 93.8 Å². The molecule has 1 unspecified atom stereocenters. The number of rotatable bonds is 33. The number of hydrogen-bond acceptors (Lipinski definition) is 11. The van der Waals surface area contributed by atoms with Crippen molar-refractivity contribution in [3.05, 3.63) is 29.8 Å². The van der Waals surface area contributed by atoms with E-state index >= 15 is 0 Å². The standard InChI is InChI=1S/C36H57N3O13/c1-27(2)31(40)25-50-23-21-49-20-17-38-34(43)26-51-24-22-48-19-16-37-32(41)15-14-30(36(46)47)39-33(42)9-7-5-3-4-6-8-18-52-29-12-10-28(11-13-29)35(44)45/h10-13,27,30H,3-9,14-26H2,1-2H3,(H,37,41)(H,38,43)(H,39,42)(H,44,45)(H,46,47). The Kier molecular flexibility index (Phi) is 26.0. The first-order valence-corrected chi connectivity index (χ1v) is 17.8. The fourth-order valence-corrected chi connectivity index (χ4v) is 4.39. The number of aliphatic carboxylic acids is 1. The number of aromatic carboxylic acids is 1. The molecule has 1 aromatic rings. The molecule has 0 aliphatic heterocycles. The largest absolute Gasteiger partial charge is 0.494 e. The van der Waals surface area contributed by atoms with Crippen LogP contribution in [0.5, 0.6) is 5.75 Å². The second kappa shape index (κ2) is 29.5. The number of carboxylic acid groups (broad SMARTS) is 2. The summed E-state index contributed by atoms with van der Waals surface area (Å²) in [5.41, 5.74) is 0.208. The van der Waals surface area contributed by atoms with Gasteiger partial charge < -0.3 is 49.8 Å². The smallest absolute Gasteiger partial charge is 0.335 e. The molecule has 0 saturated heterocycles. The van der Waals surface area contributed by atoms with Crippen molar-refractivity contribution in [3.8, 4) is 5.75 Å². The Morgan fingerprint density at radius 2 is 1.17 bits per heavy atom. The lowest BCUT2D eigenvalue weighted by molar-refractivity contribution is -0.142. The summed E-state index contributed by atoms with van der Waals surface area (Å²) in [5, 5.41) is 26.2. The highest BCUT2D eigenvalue weighted by Gasteiger charge is 2.20. The van der Waals surface area contributed by atoms with E-state index in [9.17, 15) is 33.9 Å². The van der Waals surface area contributed by atoms with Gasteiger partial charge in [-0.2, -0.15) is 0 Å². The molecule has 0 spiro atoms. The number of carbonyl (C=O) groups is 6. The zero-order valence-electron chi connectivity index (χ0n) is 30.5. The zero-order chi connectivity index (χ0) is 38.4. The molecule has 0 fully saturated rings. The van der Waals surface area contributed by atoms with Gasteiger partial charge in [0, 0.05) is 31.8 Å². The second-order valence-electron chi connectivity index (χ2n) is 12.2. The van der Waals surface area contributed by atoms with Gasteiger partial charge in [0.05, 0.1) is 51.8 Å². The molecule has 0 aliphatic carbocycles. The summed E-state index contributed by atoms with van der Waals surface area (Å²) in [6.07, 6.45) is 5.22. The van der Waals surface area contributed by atoms with E-state index in [1.54, 1.807) is 12.1 Å². The number of nitrogens with one attached hydrogen (secondary N) is 3. The molecule has 0 heterocycles. The van der Waals surface area contributed by atoms with Gasteiger partial charge in [0.25, 0.3) is 0 Å². The number of Topliss-reactive ketones (excluding diaryl/α,β-unsaturated/α-hetero) is 1. The highest BCUT2D eigenvalue weighted by Crippen LogP contribution is 2.14. The van der Waals surface area contributed by atoms with Crippen molar-refractivity contribution >= 4 is 35.4 Å². The first-order chi connectivity index (χ1) is 25.0. The zero-order valence-corrected chi connectivity index (χ0v) is 30.5. The average Bonchev–Trinajstić information content (AvgIpc) is 3.11. The van der Waals surface area contributed by atoms with E-state index in [1.807, 2.05) is 13.8 Å². The molecule has 0 bridgehead atoms. The predicted octanol–water partition coefficient (Wildman–Crippen LogP) is 2.37. The molecule has 0 aliphatic rings. The van der Waals surface area contributed by atoms with Gasteiger partial charge in [-0.05, 0) is 43.5 Å². The van der Waals surface area contributed by atoms with Crippen molar-refractivity contribution in [2.75, 3.05) is 72.6 Å². The minimum atomic E-state index is -1.20. The highest BCUT2D eigenvalue weighted by atomic mass is 16.5. The van der Waals surface area contributed by atoms with E-state index in [2.05, 4.69) is 16.0 Å². The van der Waals surface area contributed by atoms with Crippen LogP contribution in [0.25, 0.3) is 0 Å². The van der Waals surface area contributed by atoms with Crippen LogP contribution in [0.1, 0.15) is 82.0 Å². The summed E-state index contributed by atoms with van der Waals surface area (Å²) < 4.78 is 26.8. The summed E-state index contributed by atoms with van der Waals surface area (Å²) in [4.78, 5) is 70.1. The van der Waals surface area contributed by atoms with Crippen molar-refractivity contribution in [3.63, 3.8) is 0 Å². The van der Waals surface area contributed by atoms with Gasteiger partial charge in [-0.3, -0.25) is 19.2 Å². The number of ether oxygens (including phenoxy) is 5. The van der Waals surface area contributed by atoms with Gasteiger partial charge in [0.15, 0.2) is 5.78 Å². The molecule has 1 atom stereocenters. The molecule has 3 amide bonds. The number of carbonyl (C=O) groups excluding carboxylic acids is 4. The average molecular weight is 740 g/mol. The van der Waals surface area contributed by atoms with Crippen LogP contribution in [-0.2, 0) is 42.9 Å². The van der Waals surface area contributed by atoms with E-state index < -0.39 is 18.0 Å². The SMILES string of the molecule is CC(C)C(=O)COCCOCCNC(=O)COCCOCCNC(=O)CCC(NC(=O)CCCCCCCCOc1ccc(C(=O)O)cc1)C(=O)O. The number of amides is 3.